The van der Waals surface area contributed by atoms with Gasteiger partial charge in [-0.3, -0.25) is 4.79 Å². The van der Waals surface area contributed by atoms with Crippen LogP contribution in [0.5, 0.6) is 11.5 Å². The van der Waals surface area contributed by atoms with E-state index in [1.165, 1.54) is 64.9 Å². The SMILES string of the molecule is CCCCCCCCCCCCCCC(O)C(O)C(CO)NC(=O)Cc1cc(OC)ccc1OC. The fourth-order valence-electron chi connectivity index (χ4n) is 4.32. The number of hydrogen-bond donors (Lipinski definition) is 4. The van der Waals surface area contributed by atoms with Crippen molar-refractivity contribution >= 4 is 5.91 Å². The third-order valence-electron chi connectivity index (χ3n) is 6.54. The summed E-state index contributed by atoms with van der Waals surface area (Å²) in [6.07, 6.45) is 13.0. The molecule has 0 heterocycles. The summed E-state index contributed by atoms with van der Waals surface area (Å²) < 4.78 is 10.5. The Kier molecular flexibility index (Phi) is 17.3. The number of rotatable bonds is 21. The maximum absolute atomic E-state index is 12.5. The van der Waals surface area contributed by atoms with E-state index in [0.717, 1.165) is 19.3 Å². The third kappa shape index (κ3) is 13.2. The summed E-state index contributed by atoms with van der Waals surface area (Å²) in [7, 11) is 3.07. The van der Waals surface area contributed by atoms with Crippen molar-refractivity contribution in [3.63, 3.8) is 0 Å². The average molecular weight is 496 g/mol. The summed E-state index contributed by atoms with van der Waals surface area (Å²) in [5.74, 6) is 0.770. The van der Waals surface area contributed by atoms with E-state index in [1.54, 1.807) is 25.3 Å². The van der Waals surface area contributed by atoms with Gasteiger partial charge in [-0.1, -0.05) is 84.0 Å². The predicted molar refractivity (Wildman–Crippen MR) is 140 cm³/mol. The lowest BCUT2D eigenvalue weighted by Gasteiger charge is -2.26. The van der Waals surface area contributed by atoms with Gasteiger partial charge in [-0.15, -0.1) is 0 Å². The van der Waals surface area contributed by atoms with Crippen LogP contribution in [0.1, 0.15) is 96.0 Å². The zero-order chi connectivity index (χ0) is 25.9. The Morgan fingerprint density at radius 1 is 0.886 bits per heavy atom. The first-order chi connectivity index (χ1) is 17.0. The molecule has 0 aliphatic carbocycles. The lowest BCUT2D eigenvalue weighted by Crippen LogP contribution is -2.51. The number of aliphatic hydroxyl groups is 3. The molecule has 7 heteroatoms. The molecule has 3 atom stereocenters. The summed E-state index contributed by atoms with van der Waals surface area (Å²) >= 11 is 0. The standard InChI is InChI=1S/C28H49NO6/c1-4-5-6-7-8-9-10-11-12-13-14-15-16-25(31)28(33)24(21-30)29-27(32)20-22-19-23(34-2)17-18-26(22)35-3/h17-19,24-25,28,30-31,33H,4-16,20-21H2,1-3H3,(H,29,32). The molecule has 0 aliphatic heterocycles. The largest absolute Gasteiger partial charge is 0.497 e. The van der Waals surface area contributed by atoms with Gasteiger partial charge in [0.2, 0.25) is 5.91 Å². The van der Waals surface area contributed by atoms with E-state index in [0.29, 0.717) is 23.5 Å². The van der Waals surface area contributed by atoms with Crippen LogP contribution in [-0.2, 0) is 11.2 Å². The van der Waals surface area contributed by atoms with Gasteiger partial charge in [-0.05, 0) is 24.6 Å². The van der Waals surface area contributed by atoms with E-state index < -0.39 is 24.9 Å². The number of hydrogen-bond acceptors (Lipinski definition) is 6. The zero-order valence-electron chi connectivity index (χ0n) is 22.1. The van der Waals surface area contributed by atoms with Gasteiger partial charge in [-0.2, -0.15) is 0 Å². The summed E-state index contributed by atoms with van der Waals surface area (Å²) in [5, 5.41) is 33.2. The molecule has 0 radical (unpaired) electrons. The number of benzene rings is 1. The van der Waals surface area contributed by atoms with Crippen LogP contribution in [0, 0.1) is 0 Å². The maximum Gasteiger partial charge on any atom is 0.224 e. The van der Waals surface area contributed by atoms with E-state index in [9.17, 15) is 20.1 Å². The van der Waals surface area contributed by atoms with Crippen molar-refractivity contribution in [3.05, 3.63) is 23.8 Å². The molecule has 0 aliphatic rings. The minimum atomic E-state index is -1.23. The first-order valence-corrected chi connectivity index (χ1v) is 13.4. The Bertz CT molecular complexity index is 683. The molecule has 4 N–H and O–H groups in total. The third-order valence-corrected chi connectivity index (χ3v) is 6.54. The number of unbranched alkanes of at least 4 members (excludes halogenated alkanes) is 11. The Morgan fingerprint density at radius 3 is 1.97 bits per heavy atom. The number of ether oxygens (including phenoxy) is 2. The second-order valence-electron chi connectivity index (χ2n) is 9.45. The van der Waals surface area contributed by atoms with Gasteiger partial charge in [0.1, 0.15) is 17.6 Å². The van der Waals surface area contributed by atoms with Crippen LogP contribution in [0.3, 0.4) is 0 Å². The van der Waals surface area contributed by atoms with Crippen molar-refractivity contribution in [2.75, 3.05) is 20.8 Å². The fourth-order valence-corrected chi connectivity index (χ4v) is 4.32. The van der Waals surface area contributed by atoms with Crippen LogP contribution in [0.25, 0.3) is 0 Å². The van der Waals surface area contributed by atoms with Crippen LogP contribution in [0.4, 0.5) is 0 Å². The molecule has 35 heavy (non-hydrogen) atoms. The van der Waals surface area contributed by atoms with Gasteiger partial charge >= 0.3 is 0 Å². The molecule has 0 saturated carbocycles. The number of nitrogens with one attached hydrogen (secondary N) is 1. The lowest BCUT2D eigenvalue weighted by molar-refractivity contribution is -0.123. The molecule has 0 fully saturated rings. The minimum Gasteiger partial charge on any atom is -0.497 e. The number of amides is 1. The van der Waals surface area contributed by atoms with Gasteiger partial charge in [-0.25, -0.2) is 0 Å². The van der Waals surface area contributed by atoms with E-state index in [4.69, 9.17) is 9.47 Å². The van der Waals surface area contributed by atoms with Crippen molar-refractivity contribution in [2.45, 2.75) is 115 Å². The summed E-state index contributed by atoms with van der Waals surface area (Å²) in [6, 6.07) is 4.24. The van der Waals surface area contributed by atoms with Crippen LogP contribution >= 0.6 is 0 Å². The van der Waals surface area contributed by atoms with E-state index in [-0.39, 0.29) is 12.3 Å². The van der Waals surface area contributed by atoms with Gasteiger partial charge in [0, 0.05) is 5.56 Å². The van der Waals surface area contributed by atoms with E-state index in [1.807, 2.05) is 0 Å². The first-order valence-electron chi connectivity index (χ1n) is 13.4. The molecule has 1 aromatic rings. The maximum atomic E-state index is 12.5. The smallest absolute Gasteiger partial charge is 0.224 e. The minimum absolute atomic E-state index is 0.00156. The van der Waals surface area contributed by atoms with Crippen LogP contribution in [-0.4, -0.2) is 60.3 Å². The lowest BCUT2D eigenvalue weighted by atomic mass is 9.99. The summed E-state index contributed by atoms with van der Waals surface area (Å²) in [5.41, 5.74) is 0.632. The molecule has 0 aromatic heterocycles. The Morgan fingerprint density at radius 2 is 1.46 bits per heavy atom. The van der Waals surface area contributed by atoms with Crippen molar-refractivity contribution in [2.24, 2.45) is 0 Å². The zero-order valence-corrected chi connectivity index (χ0v) is 22.1. The molecular weight excluding hydrogens is 446 g/mol. The molecular formula is C28H49NO6. The predicted octanol–water partition coefficient (Wildman–Crippen LogP) is 4.54. The Hall–Kier alpha value is -1.83. The molecule has 0 saturated heterocycles. The normalized spacial score (nSPS) is 13.8. The van der Waals surface area contributed by atoms with E-state index >= 15 is 0 Å². The van der Waals surface area contributed by atoms with Gasteiger partial charge in [0.05, 0.1) is 39.4 Å². The Balaban J connectivity index is 2.28. The molecule has 1 aromatic carbocycles. The second-order valence-corrected chi connectivity index (χ2v) is 9.45. The molecule has 202 valence electrons. The van der Waals surface area contributed by atoms with E-state index in [2.05, 4.69) is 12.2 Å². The summed E-state index contributed by atoms with van der Waals surface area (Å²) in [4.78, 5) is 12.5. The Labute approximate surface area is 212 Å². The highest BCUT2D eigenvalue weighted by Gasteiger charge is 2.27. The van der Waals surface area contributed by atoms with Gasteiger partial charge in [0.15, 0.2) is 0 Å². The highest BCUT2D eigenvalue weighted by Crippen LogP contribution is 2.24. The molecule has 0 bridgehead atoms. The number of carbonyl (C=O) groups is 1. The van der Waals surface area contributed by atoms with Gasteiger partial charge in [0.25, 0.3) is 0 Å². The van der Waals surface area contributed by atoms with Gasteiger partial charge < -0.3 is 30.1 Å². The quantitative estimate of drug-likeness (QED) is 0.187. The fraction of sp³-hybridized carbons (Fsp3) is 0.750. The monoisotopic (exact) mass is 495 g/mol. The molecule has 1 rings (SSSR count). The molecule has 3 unspecified atom stereocenters. The van der Waals surface area contributed by atoms with Crippen LogP contribution in [0.15, 0.2) is 18.2 Å². The molecule has 0 spiro atoms. The topological polar surface area (TPSA) is 108 Å². The van der Waals surface area contributed by atoms with Crippen molar-refractivity contribution in [1.82, 2.24) is 5.32 Å². The number of carbonyl (C=O) groups excluding carboxylic acids is 1. The molecule has 1 amide bonds. The highest BCUT2D eigenvalue weighted by atomic mass is 16.5. The second kappa shape index (κ2) is 19.4. The highest BCUT2D eigenvalue weighted by molar-refractivity contribution is 5.80. The molecule has 7 nitrogen and oxygen atoms in total. The number of methoxy groups -OCH3 is 2. The number of aliphatic hydroxyl groups excluding tert-OH is 3. The van der Waals surface area contributed by atoms with Crippen molar-refractivity contribution in [3.8, 4) is 11.5 Å². The van der Waals surface area contributed by atoms with Crippen molar-refractivity contribution in [1.29, 1.82) is 0 Å². The first kappa shape index (κ1) is 31.2. The van der Waals surface area contributed by atoms with Crippen molar-refractivity contribution < 1.29 is 29.6 Å². The summed E-state index contributed by atoms with van der Waals surface area (Å²) in [6.45, 7) is 1.78. The van der Waals surface area contributed by atoms with Crippen LogP contribution < -0.4 is 14.8 Å². The average Bonchev–Trinajstić information content (AvgIpc) is 2.87. The van der Waals surface area contributed by atoms with Crippen LogP contribution in [0.2, 0.25) is 0 Å².